The molecule has 2 N–H and O–H groups in total. The molecule has 0 aliphatic heterocycles. The predicted molar refractivity (Wildman–Crippen MR) is 59.1 cm³/mol. The van der Waals surface area contributed by atoms with E-state index in [2.05, 4.69) is 4.98 Å². The van der Waals surface area contributed by atoms with Crippen LogP contribution in [0.4, 0.5) is 8.78 Å². The van der Waals surface area contributed by atoms with Gasteiger partial charge in [0, 0.05) is 23.9 Å². The van der Waals surface area contributed by atoms with E-state index in [0.29, 0.717) is 9.26 Å². The predicted octanol–water partition coefficient (Wildman–Crippen LogP) is 2.15. The molecule has 0 fully saturated rings. The second kappa shape index (κ2) is 5.32. The second-order valence-corrected chi connectivity index (χ2v) is 3.83. The topological polar surface area (TPSA) is 62.7 Å². The molecule has 1 heterocycles. The van der Waals surface area contributed by atoms with Crippen LogP contribution in [-0.4, -0.2) is 4.98 Å². The van der Waals surface area contributed by atoms with E-state index in [1.165, 1.54) is 6.20 Å². The van der Waals surface area contributed by atoms with Gasteiger partial charge in [0.15, 0.2) is 0 Å². The number of halogens is 3. The number of nitrogens with two attached hydrogens (primary N) is 1. The molecule has 6 heteroatoms. The Morgan fingerprint density at radius 1 is 1.60 bits per heavy atom. The molecule has 0 spiro atoms. The minimum Gasteiger partial charge on any atom is -0.326 e. The van der Waals surface area contributed by atoms with Crippen molar-refractivity contribution in [1.29, 1.82) is 5.26 Å². The third-order valence-electron chi connectivity index (χ3n) is 1.95. The third kappa shape index (κ3) is 2.60. The van der Waals surface area contributed by atoms with E-state index in [9.17, 15) is 8.78 Å². The van der Waals surface area contributed by atoms with Gasteiger partial charge in [-0.3, -0.25) is 0 Å². The molecule has 80 valence electrons. The summed E-state index contributed by atoms with van der Waals surface area (Å²) >= 11 is 1.86. The van der Waals surface area contributed by atoms with Crippen LogP contribution in [0, 0.1) is 15.0 Å². The molecule has 3 nitrogen and oxygen atoms in total. The van der Waals surface area contributed by atoms with Crippen molar-refractivity contribution >= 4 is 22.6 Å². The molecule has 15 heavy (non-hydrogen) atoms. The Kier molecular flexibility index (Phi) is 4.35. The maximum Gasteiger partial charge on any atom is 0.264 e. The van der Waals surface area contributed by atoms with Crippen molar-refractivity contribution in [2.45, 2.75) is 19.4 Å². The number of rotatable bonds is 3. The van der Waals surface area contributed by atoms with Crippen molar-refractivity contribution in [2.75, 3.05) is 0 Å². The molecule has 0 atom stereocenters. The first kappa shape index (κ1) is 12.3. The SMILES string of the molecule is N#CCc1cnc(I)c(CN)c1C(F)F. The van der Waals surface area contributed by atoms with Crippen LogP contribution in [0.2, 0.25) is 0 Å². The molecule has 0 aromatic carbocycles. The third-order valence-corrected chi connectivity index (χ3v) is 2.88. The van der Waals surface area contributed by atoms with E-state index < -0.39 is 6.43 Å². The Hall–Kier alpha value is -0.810. The smallest absolute Gasteiger partial charge is 0.264 e. The van der Waals surface area contributed by atoms with Crippen LogP contribution in [0.5, 0.6) is 0 Å². The van der Waals surface area contributed by atoms with Crippen molar-refractivity contribution in [2.24, 2.45) is 5.73 Å². The fraction of sp³-hybridized carbons (Fsp3) is 0.333. The van der Waals surface area contributed by atoms with E-state index >= 15 is 0 Å². The van der Waals surface area contributed by atoms with Crippen LogP contribution in [0.3, 0.4) is 0 Å². The fourth-order valence-electron chi connectivity index (χ4n) is 1.28. The number of pyridine rings is 1. The first-order chi connectivity index (χ1) is 7.11. The molecule has 1 aromatic rings. The van der Waals surface area contributed by atoms with Gasteiger partial charge in [-0.25, -0.2) is 13.8 Å². The van der Waals surface area contributed by atoms with Crippen molar-refractivity contribution in [1.82, 2.24) is 4.98 Å². The number of hydrogen-bond donors (Lipinski definition) is 1. The maximum atomic E-state index is 12.8. The largest absolute Gasteiger partial charge is 0.326 e. The van der Waals surface area contributed by atoms with Crippen molar-refractivity contribution < 1.29 is 8.78 Å². The van der Waals surface area contributed by atoms with Crippen LogP contribution < -0.4 is 5.73 Å². The molecule has 1 rings (SSSR count). The Balaban J connectivity index is 3.36. The van der Waals surface area contributed by atoms with Gasteiger partial charge in [0.25, 0.3) is 6.43 Å². The quantitative estimate of drug-likeness (QED) is 0.685. The van der Waals surface area contributed by atoms with Gasteiger partial charge in [0.05, 0.1) is 12.5 Å². The lowest BCUT2D eigenvalue weighted by Crippen LogP contribution is -2.09. The average Bonchev–Trinajstić information content (AvgIpc) is 2.20. The molecule has 0 saturated heterocycles. The summed E-state index contributed by atoms with van der Waals surface area (Å²) in [6.07, 6.45) is -1.38. The first-order valence-corrected chi connectivity index (χ1v) is 5.21. The molecule has 0 bridgehead atoms. The summed E-state index contributed by atoms with van der Waals surface area (Å²) in [6, 6.07) is 1.83. The zero-order valence-corrected chi connectivity index (χ0v) is 9.83. The molecular weight excluding hydrogens is 315 g/mol. The highest BCUT2D eigenvalue weighted by Gasteiger charge is 2.19. The van der Waals surface area contributed by atoms with Gasteiger partial charge in [-0.2, -0.15) is 5.26 Å². The van der Waals surface area contributed by atoms with Crippen LogP contribution in [0.1, 0.15) is 23.1 Å². The highest BCUT2D eigenvalue weighted by molar-refractivity contribution is 14.1. The van der Waals surface area contributed by atoms with Gasteiger partial charge in [-0.05, 0) is 28.2 Å². The molecule has 0 amide bonds. The minimum absolute atomic E-state index is 0.00418. The molecule has 0 aliphatic rings. The summed E-state index contributed by atoms with van der Waals surface area (Å²) in [5.74, 6) is 0. The lowest BCUT2D eigenvalue weighted by atomic mass is 10.0. The molecule has 0 aliphatic carbocycles. The number of aromatic nitrogens is 1. The van der Waals surface area contributed by atoms with Crippen LogP contribution in [-0.2, 0) is 13.0 Å². The average molecular weight is 323 g/mol. The normalized spacial score (nSPS) is 10.4. The van der Waals surface area contributed by atoms with Crippen molar-refractivity contribution in [3.05, 3.63) is 26.6 Å². The Morgan fingerprint density at radius 3 is 2.73 bits per heavy atom. The van der Waals surface area contributed by atoms with Crippen LogP contribution in [0.15, 0.2) is 6.20 Å². The summed E-state index contributed by atoms with van der Waals surface area (Å²) in [5.41, 5.74) is 5.84. The Labute approximate surface area is 99.4 Å². The fourth-order valence-corrected chi connectivity index (χ4v) is 1.93. The monoisotopic (exact) mass is 323 g/mol. The van der Waals surface area contributed by atoms with E-state index in [4.69, 9.17) is 11.0 Å². The van der Waals surface area contributed by atoms with Gasteiger partial charge in [0.2, 0.25) is 0 Å². The van der Waals surface area contributed by atoms with Gasteiger partial charge in [0.1, 0.15) is 3.70 Å². The number of hydrogen-bond acceptors (Lipinski definition) is 3. The Bertz CT molecular complexity index is 401. The summed E-state index contributed by atoms with van der Waals surface area (Å²) in [5, 5.41) is 8.50. The number of nitrogens with zero attached hydrogens (tertiary/aromatic N) is 2. The maximum absolute atomic E-state index is 12.8. The second-order valence-electron chi connectivity index (χ2n) is 2.81. The summed E-state index contributed by atoms with van der Waals surface area (Å²) < 4.78 is 26.0. The molecule has 0 radical (unpaired) electrons. The van der Waals surface area contributed by atoms with Crippen molar-refractivity contribution in [3.8, 4) is 6.07 Å². The molecule has 1 aromatic heterocycles. The van der Waals surface area contributed by atoms with E-state index in [1.54, 1.807) is 0 Å². The van der Waals surface area contributed by atoms with E-state index in [0.717, 1.165) is 0 Å². The molecular formula is C9H8F2IN3. The molecule has 0 saturated carbocycles. The van der Waals surface area contributed by atoms with Gasteiger partial charge < -0.3 is 5.73 Å². The standard InChI is InChI=1S/C9H8F2IN3/c10-8(11)7-5(1-2-13)4-15-9(12)6(7)3-14/h4,8H,1,3,14H2. The van der Waals surface area contributed by atoms with Gasteiger partial charge in [-0.1, -0.05) is 0 Å². The lowest BCUT2D eigenvalue weighted by molar-refractivity contribution is 0.149. The minimum atomic E-state index is -2.62. The zero-order chi connectivity index (χ0) is 11.4. The Morgan fingerprint density at radius 2 is 2.27 bits per heavy atom. The highest BCUT2D eigenvalue weighted by Crippen LogP contribution is 2.28. The number of nitriles is 1. The van der Waals surface area contributed by atoms with E-state index in [1.807, 2.05) is 28.7 Å². The zero-order valence-electron chi connectivity index (χ0n) is 7.67. The summed E-state index contributed by atoms with van der Waals surface area (Å²) in [4.78, 5) is 3.93. The highest BCUT2D eigenvalue weighted by atomic mass is 127. The lowest BCUT2D eigenvalue weighted by Gasteiger charge is -2.12. The van der Waals surface area contributed by atoms with Crippen molar-refractivity contribution in [3.63, 3.8) is 0 Å². The van der Waals surface area contributed by atoms with Crippen LogP contribution in [0.25, 0.3) is 0 Å². The van der Waals surface area contributed by atoms with Crippen LogP contribution >= 0.6 is 22.6 Å². The van der Waals surface area contributed by atoms with Gasteiger partial charge in [-0.15, -0.1) is 0 Å². The molecule has 0 unspecified atom stereocenters. The first-order valence-electron chi connectivity index (χ1n) is 4.13. The van der Waals surface area contributed by atoms with E-state index in [-0.39, 0.29) is 24.1 Å². The van der Waals surface area contributed by atoms with Gasteiger partial charge >= 0.3 is 0 Å². The summed E-state index contributed by atoms with van der Waals surface area (Å²) in [7, 11) is 0. The summed E-state index contributed by atoms with van der Waals surface area (Å²) in [6.45, 7) is 0.00418. The number of alkyl halides is 2.